The number of aryl methyl sites for hydroxylation is 1. The van der Waals surface area contributed by atoms with Crippen molar-refractivity contribution in [2.45, 2.75) is 154 Å². The summed E-state index contributed by atoms with van der Waals surface area (Å²) >= 11 is 0. The number of amides is 2. The third-order valence-corrected chi connectivity index (χ3v) is 13.8. The van der Waals surface area contributed by atoms with Crippen molar-refractivity contribution >= 4 is 11.8 Å². The van der Waals surface area contributed by atoms with Crippen LogP contribution in [-0.2, 0) is 29.2 Å². The van der Waals surface area contributed by atoms with Crippen LogP contribution in [0.4, 0.5) is 0 Å². The van der Waals surface area contributed by atoms with Gasteiger partial charge in [0.2, 0.25) is 11.8 Å². The van der Waals surface area contributed by atoms with Crippen molar-refractivity contribution in [1.29, 1.82) is 0 Å². The lowest BCUT2D eigenvalue weighted by molar-refractivity contribution is -0.143. The van der Waals surface area contributed by atoms with Crippen LogP contribution < -0.4 is 20.7 Å². The van der Waals surface area contributed by atoms with Crippen LogP contribution in [0.15, 0.2) is 29.0 Å². The Morgan fingerprint density at radius 3 is 2.39 bits per heavy atom. The van der Waals surface area contributed by atoms with Crippen LogP contribution in [0, 0.1) is 18.3 Å². The fraction of sp³-hybridized carbons (Fsp3) is 0.750. The highest BCUT2D eigenvalue weighted by Crippen LogP contribution is 2.49. The molecule has 5 heterocycles. The molecule has 2 aromatic rings. The molecule has 4 atom stereocenters. The van der Waals surface area contributed by atoms with Crippen LogP contribution in [0.25, 0.3) is 0 Å². The molecule has 4 fully saturated rings. The number of aliphatic hydroxyl groups excluding tert-OH is 1. The SMILES string of the molecule is CC(=O)N1CCC(NC2CC(C(=O)NC[C@H](O)CN3CCc4cc(OCc5ocnc5C)ccc4C3)C3(CCCCCCCCC3)C(N3CCCCC3)N2)CC1. The lowest BCUT2D eigenvalue weighted by atomic mass is 9.61. The van der Waals surface area contributed by atoms with Crippen molar-refractivity contribution in [3.63, 3.8) is 0 Å². The summed E-state index contributed by atoms with van der Waals surface area (Å²) in [6.45, 7) is 10.0. The van der Waals surface area contributed by atoms with Crippen LogP contribution in [0.3, 0.4) is 0 Å². The first-order chi connectivity index (χ1) is 27.3. The van der Waals surface area contributed by atoms with E-state index in [4.69, 9.17) is 9.15 Å². The molecule has 1 aromatic carbocycles. The Morgan fingerprint density at radius 2 is 1.70 bits per heavy atom. The minimum absolute atomic E-state index is 0.0168. The maximum Gasteiger partial charge on any atom is 0.223 e. The fourth-order valence-electron chi connectivity index (χ4n) is 10.6. The minimum Gasteiger partial charge on any atom is -0.486 e. The summed E-state index contributed by atoms with van der Waals surface area (Å²) in [5, 5.41) is 22.9. The monoisotopic (exact) mass is 776 g/mol. The maximum atomic E-state index is 14.8. The molecule has 12 nitrogen and oxygen atoms in total. The van der Waals surface area contributed by atoms with E-state index in [0.717, 1.165) is 108 Å². The molecule has 0 bridgehead atoms. The number of aromatic nitrogens is 1. The number of benzene rings is 1. The molecule has 1 saturated carbocycles. The zero-order valence-electron chi connectivity index (χ0n) is 34.2. The Labute approximate surface area is 334 Å². The first kappa shape index (κ1) is 41.1. The number of nitrogens with one attached hydrogen (secondary N) is 3. The van der Waals surface area contributed by atoms with Gasteiger partial charge in [0, 0.05) is 63.6 Å². The number of oxazole rings is 1. The van der Waals surface area contributed by atoms with Gasteiger partial charge in [-0.1, -0.05) is 57.4 Å². The second kappa shape index (κ2) is 19.6. The van der Waals surface area contributed by atoms with Gasteiger partial charge >= 0.3 is 0 Å². The molecule has 7 rings (SSSR count). The molecule has 56 heavy (non-hydrogen) atoms. The number of hydrogen-bond acceptors (Lipinski definition) is 10. The lowest BCUT2D eigenvalue weighted by Gasteiger charge is -2.57. The number of carbonyl (C=O) groups excluding carboxylic acids is 2. The van der Waals surface area contributed by atoms with Gasteiger partial charge in [0.1, 0.15) is 12.4 Å². The van der Waals surface area contributed by atoms with E-state index in [9.17, 15) is 14.7 Å². The molecule has 4 N–H and O–H groups in total. The van der Waals surface area contributed by atoms with Gasteiger partial charge in [-0.05, 0) is 94.6 Å². The summed E-state index contributed by atoms with van der Waals surface area (Å²) in [6.07, 6.45) is 18.9. The van der Waals surface area contributed by atoms with E-state index >= 15 is 0 Å². The number of hydrogen-bond donors (Lipinski definition) is 4. The van der Waals surface area contributed by atoms with Gasteiger partial charge in [0.25, 0.3) is 0 Å². The number of piperidine rings is 3. The predicted molar refractivity (Wildman–Crippen MR) is 217 cm³/mol. The van der Waals surface area contributed by atoms with Crippen molar-refractivity contribution in [2.75, 3.05) is 45.8 Å². The van der Waals surface area contributed by atoms with Crippen molar-refractivity contribution in [1.82, 2.24) is 35.6 Å². The first-order valence-electron chi connectivity index (χ1n) is 22.1. The van der Waals surface area contributed by atoms with E-state index in [-0.39, 0.29) is 42.0 Å². The smallest absolute Gasteiger partial charge is 0.223 e. The summed E-state index contributed by atoms with van der Waals surface area (Å²) in [5.41, 5.74) is 3.20. The molecular weight excluding hydrogens is 707 g/mol. The van der Waals surface area contributed by atoms with Gasteiger partial charge in [-0.25, -0.2) is 4.98 Å². The average molecular weight is 776 g/mol. The Balaban J connectivity index is 1.01. The predicted octanol–water partition coefficient (Wildman–Crippen LogP) is 5.26. The van der Waals surface area contributed by atoms with E-state index < -0.39 is 6.10 Å². The molecule has 4 aliphatic heterocycles. The molecule has 310 valence electrons. The molecule has 1 aromatic heterocycles. The van der Waals surface area contributed by atoms with E-state index in [1.165, 1.54) is 68.9 Å². The first-order valence-corrected chi connectivity index (χ1v) is 22.1. The Hall–Kier alpha value is -3.03. The molecule has 0 radical (unpaired) electrons. The molecule has 5 aliphatic rings. The minimum atomic E-state index is -0.659. The number of rotatable bonds is 11. The van der Waals surface area contributed by atoms with Crippen molar-refractivity contribution in [3.8, 4) is 5.75 Å². The highest BCUT2D eigenvalue weighted by atomic mass is 16.5. The van der Waals surface area contributed by atoms with Crippen LogP contribution in [0.1, 0.15) is 126 Å². The fourth-order valence-corrected chi connectivity index (χ4v) is 10.6. The standard InChI is InChI=1S/C44H69N7O5/c1-32-40(56-31-46-32)30-55-38-14-13-35-28-49(22-15-34(35)25-38)29-37(53)27-45-42(54)39-26-41(47-36-16-23-50(24-17-36)33(2)52)48-43(51-20-11-8-12-21-51)44(39)18-9-6-4-3-5-7-10-19-44/h13-14,25,31,36-37,39,41,43,47-48,53H,3-12,15-24,26-30H2,1-2H3,(H,45,54)/t37-,39?,41?,43?/m0/s1. The third kappa shape index (κ3) is 10.3. The summed E-state index contributed by atoms with van der Waals surface area (Å²) in [7, 11) is 0. The zero-order valence-corrected chi connectivity index (χ0v) is 34.2. The van der Waals surface area contributed by atoms with E-state index in [0.29, 0.717) is 19.2 Å². The third-order valence-electron chi connectivity index (χ3n) is 13.8. The zero-order chi connectivity index (χ0) is 38.9. The van der Waals surface area contributed by atoms with E-state index in [1.807, 2.05) is 17.9 Å². The molecule has 3 unspecified atom stereocenters. The number of aliphatic hydroxyl groups is 1. The lowest BCUT2D eigenvalue weighted by Crippen LogP contribution is -2.71. The van der Waals surface area contributed by atoms with Gasteiger partial charge in [0.05, 0.1) is 24.1 Å². The quantitative estimate of drug-likeness (QED) is 0.240. The van der Waals surface area contributed by atoms with Gasteiger partial charge in [0.15, 0.2) is 12.2 Å². The summed E-state index contributed by atoms with van der Waals surface area (Å²) in [6, 6.07) is 6.57. The Bertz CT molecular complexity index is 1560. The van der Waals surface area contributed by atoms with Crippen LogP contribution in [0.5, 0.6) is 5.75 Å². The highest BCUT2D eigenvalue weighted by molar-refractivity contribution is 5.80. The highest BCUT2D eigenvalue weighted by Gasteiger charge is 2.54. The van der Waals surface area contributed by atoms with E-state index in [1.54, 1.807) is 6.92 Å². The van der Waals surface area contributed by atoms with Gasteiger partial charge < -0.3 is 24.5 Å². The summed E-state index contributed by atoms with van der Waals surface area (Å²) in [5.74, 6) is 1.67. The normalized spacial score (nSPS) is 26.3. The van der Waals surface area contributed by atoms with Crippen LogP contribution in [-0.4, -0.2) is 107 Å². The number of β-amino-alcohol motifs (C(OH)–C–C–N with tert-alkyl or cyclic N) is 1. The Kier molecular flexibility index (Phi) is 14.4. The van der Waals surface area contributed by atoms with Crippen molar-refractivity contribution < 1.29 is 23.8 Å². The molecule has 3 saturated heterocycles. The van der Waals surface area contributed by atoms with Crippen molar-refractivity contribution in [2.24, 2.45) is 11.3 Å². The molecule has 1 aliphatic carbocycles. The number of carbonyl (C=O) groups is 2. The number of ether oxygens (including phenoxy) is 1. The second-order valence-corrected chi connectivity index (χ2v) is 17.6. The summed E-state index contributed by atoms with van der Waals surface area (Å²) < 4.78 is 11.4. The number of fused-ring (bicyclic) bond motifs is 1. The second-order valence-electron chi connectivity index (χ2n) is 17.6. The average Bonchev–Trinajstić information content (AvgIpc) is 3.63. The van der Waals surface area contributed by atoms with Crippen molar-refractivity contribution in [3.05, 3.63) is 47.2 Å². The topological polar surface area (TPSA) is 135 Å². The van der Waals surface area contributed by atoms with E-state index in [2.05, 4.69) is 42.9 Å². The maximum absolute atomic E-state index is 14.8. The molecule has 1 spiro atoms. The largest absolute Gasteiger partial charge is 0.486 e. The molecule has 12 heteroatoms. The van der Waals surface area contributed by atoms with Gasteiger partial charge in [-0.2, -0.15) is 0 Å². The van der Waals surface area contributed by atoms with Gasteiger partial charge in [-0.15, -0.1) is 0 Å². The molecule has 2 amide bonds. The van der Waals surface area contributed by atoms with Crippen LogP contribution in [0.2, 0.25) is 0 Å². The van der Waals surface area contributed by atoms with Crippen LogP contribution >= 0.6 is 0 Å². The Morgan fingerprint density at radius 1 is 0.982 bits per heavy atom. The molecular formula is C44H69N7O5. The number of likely N-dealkylation sites (tertiary alicyclic amines) is 2. The summed E-state index contributed by atoms with van der Waals surface area (Å²) in [4.78, 5) is 37.9. The van der Waals surface area contributed by atoms with Gasteiger partial charge in [-0.3, -0.25) is 30.0 Å². The number of nitrogens with zero attached hydrogens (tertiary/aromatic N) is 4.